The zero-order chi connectivity index (χ0) is 24.1. The fourth-order valence-corrected chi connectivity index (χ4v) is 4.63. The van der Waals surface area contributed by atoms with E-state index in [9.17, 15) is 18.0 Å². The third kappa shape index (κ3) is 5.81. The average Bonchev–Trinajstić information content (AvgIpc) is 2.75. The summed E-state index contributed by atoms with van der Waals surface area (Å²) in [5, 5.41) is 8.58. The van der Waals surface area contributed by atoms with E-state index >= 15 is 0 Å². The van der Waals surface area contributed by atoms with Gasteiger partial charge in [-0.1, -0.05) is 24.6 Å². The van der Waals surface area contributed by atoms with Gasteiger partial charge in [0.2, 0.25) is 0 Å². The molecule has 0 saturated carbocycles. The molecule has 0 radical (unpaired) electrons. The Morgan fingerprint density at radius 1 is 1.12 bits per heavy atom. The largest absolute Gasteiger partial charge is 0.481 e. The van der Waals surface area contributed by atoms with Crippen LogP contribution < -0.4 is 4.74 Å². The second-order valence-corrected chi connectivity index (χ2v) is 10.4. The van der Waals surface area contributed by atoms with Gasteiger partial charge in [-0.25, -0.2) is 13.2 Å². The Bertz CT molecular complexity index is 1100. The van der Waals surface area contributed by atoms with Crippen LogP contribution in [-0.4, -0.2) is 55.2 Å². The maximum atomic E-state index is 13.2. The van der Waals surface area contributed by atoms with Crippen LogP contribution in [0.5, 0.6) is 5.75 Å². The quantitative estimate of drug-likeness (QED) is 0.535. The highest BCUT2D eigenvalue weighted by molar-refractivity contribution is 7.92. The summed E-state index contributed by atoms with van der Waals surface area (Å²) in [7, 11) is -3.80. The molecular formula is C23H28ClNO6S. The first-order chi connectivity index (χ1) is 15.0. The number of carboxylic acids is 1. The molecule has 0 aromatic heterocycles. The number of aliphatic carboxylic acids is 1. The predicted octanol–water partition coefficient (Wildman–Crippen LogP) is 4.52. The lowest BCUT2D eigenvalue weighted by molar-refractivity contribution is -0.139. The molecule has 2 aromatic rings. The van der Waals surface area contributed by atoms with Gasteiger partial charge in [0.1, 0.15) is 5.75 Å². The molecule has 7 nitrogen and oxygen atoms in total. The van der Waals surface area contributed by atoms with Crippen LogP contribution in [0.3, 0.4) is 0 Å². The van der Waals surface area contributed by atoms with Crippen molar-refractivity contribution >= 4 is 33.3 Å². The number of carbonyl (C=O) groups is 2. The SMILES string of the molecule is CCCN(CC)C(=O)c1ccc(-c2cc(Cl)ccc2OCC(=O)O)cc1S(=O)(=O)C(C)C. The molecule has 0 aliphatic heterocycles. The first kappa shape index (κ1) is 25.7. The average molecular weight is 482 g/mol. The van der Waals surface area contributed by atoms with Gasteiger partial charge in [0.05, 0.1) is 15.7 Å². The second kappa shape index (κ2) is 10.8. The van der Waals surface area contributed by atoms with Gasteiger partial charge in [-0.15, -0.1) is 0 Å². The lowest BCUT2D eigenvalue weighted by atomic mass is 10.0. The first-order valence-electron chi connectivity index (χ1n) is 10.3. The maximum absolute atomic E-state index is 13.2. The van der Waals surface area contributed by atoms with Crippen LogP contribution in [0.2, 0.25) is 5.02 Å². The summed E-state index contributed by atoms with van der Waals surface area (Å²) in [6.07, 6.45) is 0.747. The third-order valence-corrected chi connectivity index (χ3v) is 7.33. The molecule has 174 valence electrons. The Morgan fingerprint density at radius 3 is 2.38 bits per heavy atom. The molecule has 0 atom stereocenters. The lowest BCUT2D eigenvalue weighted by Gasteiger charge is -2.23. The van der Waals surface area contributed by atoms with Gasteiger partial charge >= 0.3 is 5.97 Å². The summed E-state index contributed by atoms with van der Waals surface area (Å²) in [5.41, 5.74) is 0.980. The normalized spacial score (nSPS) is 11.4. The zero-order valence-corrected chi connectivity index (χ0v) is 20.2. The predicted molar refractivity (Wildman–Crippen MR) is 124 cm³/mol. The fraction of sp³-hybridized carbons (Fsp3) is 0.391. The number of halogens is 1. The minimum absolute atomic E-state index is 0.0753. The molecular weight excluding hydrogens is 454 g/mol. The molecule has 0 spiro atoms. The third-order valence-electron chi connectivity index (χ3n) is 4.91. The van der Waals surface area contributed by atoms with Crippen molar-refractivity contribution < 1.29 is 27.9 Å². The summed E-state index contributed by atoms with van der Waals surface area (Å²) >= 11 is 6.14. The minimum atomic E-state index is -3.80. The Balaban J connectivity index is 2.70. The van der Waals surface area contributed by atoms with E-state index in [2.05, 4.69) is 0 Å². The van der Waals surface area contributed by atoms with Gasteiger partial charge in [0, 0.05) is 23.7 Å². The summed E-state index contributed by atoms with van der Waals surface area (Å²) in [6.45, 7) is 7.31. The summed E-state index contributed by atoms with van der Waals surface area (Å²) in [5.74, 6) is -1.26. The smallest absolute Gasteiger partial charge is 0.341 e. The number of hydrogen-bond donors (Lipinski definition) is 1. The Kier molecular flexibility index (Phi) is 8.69. The van der Waals surface area contributed by atoms with Gasteiger partial charge in [0.25, 0.3) is 5.91 Å². The summed E-state index contributed by atoms with van der Waals surface area (Å²) in [6, 6.07) is 9.18. The summed E-state index contributed by atoms with van der Waals surface area (Å²) in [4.78, 5) is 25.6. The molecule has 1 amide bonds. The van der Waals surface area contributed by atoms with Gasteiger partial charge in [0.15, 0.2) is 16.4 Å². The highest BCUT2D eigenvalue weighted by atomic mass is 35.5. The number of carbonyl (C=O) groups excluding carboxylic acids is 1. The molecule has 0 aliphatic rings. The number of benzene rings is 2. The molecule has 2 aromatic carbocycles. The van der Waals surface area contributed by atoms with E-state index in [1.165, 1.54) is 18.2 Å². The van der Waals surface area contributed by atoms with E-state index in [1.54, 1.807) is 36.9 Å². The van der Waals surface area contributed by atoms with Gasteiger partial charge in [-0.3, -0.25) is 4.79 Å². The molecule has 2 rings (SSSR count). The summed E-state index contributed by atoms with van der Waals surface area (Å²) < 4.78 is 31.7. The Hall–Kier alpha value is -2.58. The van der Waals surface area contributed by atoms with Crippen molar-refractivity contribution in [3.05, 3.63) is 47.0 Å². The standard InChI is InChI=1S/C23H28ClNO6S/c1-5-11-25(6-2)23(28)18-9-7-16(12-21(18)32(29,30)15(3)4)19-13-17(24)8-10-20(19)31-14-22(26)27/h7-10,12-13,15H,5-6,11,14H2,1-4H3,(H,26,27). The van der Waals surface area contributed by atoms with E-state index in [4.69, 9.17) is 21.4 Å². The maximum Gasteiger partial charge on any atom is 0.341 e. The minimum Gasteiger partial charge on any atom is -0.481 e. The van der Waals surface area contributed by atoms with Crippen molar-refractivity contribution in [1.82, 2.24) is 4.90 Å². The number of hydrogen-bond acceptors (Lipinski definition) is 5. The zero-order valence-electron chi connectivity index (χ0n) is 18.6. The first-order valence-corrected chi connectivity index (χ1v) is 12.3. The topological polar surface area (TPSA) is 101 Å². The molecule has 0 fully saturated rings. The number of carboxylic acid groups (broad SMARTS) is 1. The van der Waals surface area contributed by atoms with Crippen LogP contribution in [0.25, 0.3) is 11.1 Å². The number of rotatable bonds is 10. The van der Waals surface area contributed by atoms with E-state index in [1.807, 2.05) is 13.8 Å². The highest BCUT2D eigenvalue weighted by Gasteiger charge is 2.28. The van der Waals surface area contributed by atoms with E-state index in [0.717, 1.165) is 6.42 Å². The van der Waals surface area contributed by atoms with Gasteiger partial charge in [-0.2, -0.15) is 0 Å². The van der Waals surface area contributed by atoms with E-state index in [-0.39, 0.29) is 22.1 Å². The second-order valence-electron chi connectivity index (χ2n) is 7.51. The number of amides is 1. The van der Waals surface area contributed by atoms with E-state index < -0.39 is 27.7 Å². The molecule has 0 bridgehead atoms. The van der Waals surface area contributed by atoms with Crippen LogP contribution in [-0.2, 0) is 14.6 Å². The lowest BCUT2D eigenvalue weighted by Crippen LogP contribution is -2.33. The number of sulfone groups is 1. The van der Waals surface area contributed by atoms with Crippen molar-refractivity contribution in [2.45, 2.75) is 44.3 Å². The van der Waals surface area contributed by atoms with Crippen molar-refractivity contribution in [2.75, 3.05) is 19.7 Å². The number of nitrogens with zero attached hydrogens (tertiary/aromatic N) is 1. The monoisotopic (exact) mass is 481 g/mol. The molecule has 32 heavy (non-hydrogen) atoms. The van der Waals surface area contributed by atoms with Crippen LogP contribution >= 0.6 is 11.6 Å². The molecule has 1 N–H and O–H groups in total. The van der Waals surface area contributed by atoms with Crippen LogP contribution in [0.15, 0.2) is 41.3 Å². The molecule has 0 heterocycles. The van der Waals surface area contributed by atoms with Crippen molar-refractivity contribution in [2.24, 2.45) is 0 Å². The van der Waals surface area contributed by atoms with Crippen molar-refractivity contribution in [3.8, 4) is 16.9 Å². The Labute approximate surface area is 193 Å². The molecule has 0 aliphatic carbocycles. The number of ether oxygens (including phenoxy) is 1. The van der Waals surface area contributed by atoms with Crippen LogP contribution in [0.1, 0.15) is 44.5 Å². The van der Waals surface area contributed by atoms with Gasteiger partial charge < -0.3 is 14.7 Å². The molecule has 0 saturated heterocycles. The van der Waals surface area contributed by atoms with Gasteiger partial charge in [-0.05, 0) is 63.1 Å². The van der Waals surface area contributed by atoms with Crippen molar-refractivity contribution in [3.63, 3.8) is 0 Å². The molecule has 0 unspecified atom stereocenters. The Morgan fingerprint density at radius 2 is 1.81 bits per heavy atom. The van der Waals surface area contributed by atoms with Crippen molar-refractivity contribution in [1.29, 1.82) is 0 Å². The van der Waals surface area contributed by atoms with Crippen LogP contribution in [0, 0.1) is 0 Å². The van der Waals surface area contributed by atoms with Crippen LogP contribution in [0.4, 0.5) is 0 Å². The van der Waals surface area contributed by atoms with E-state index in [0.29, 0.717) is 29.2 Å². The fourth-order valence-electron chi connectivity index (χ4n) is 3.19. The highest BCUT2D eigenvalue weighted by Crippen LogP contribution is 2.35. The molecule has 9 heteroatoms.